The van der Waals surface area contributed by atoms with Crippen LogP contribution in [0, 0.1) is 0 Å². The first-order valence-electron chi connectivity index (χ1n) is 11.3. The fourth-order valence-corrected chi connectivity index (χ4v) is 4.61. The molecule has 2 unspecified atom stereocenters. The third kappa shape index (κ3) is 13.6. The lowest BCUT2D eigenvalue weighted by Gasteiger charge is -2.33. The Kier molecular flexibility index (Phi) is 16.3. The third-order valence-corrected chi connectivity index (χ3v) is 8.98. The molecule has 0 rings (SSSR count). The SMILES string of the molecule is C=CC[N+](C)(C)C(Br)CCCCCCCCCCCCC(Br)[N+](C)(C)CC=C. The van der Waals surface area contributed by atoms with E-state index in [9.17, 15) is 0 Å². The molecule has 0 spiro atoms. The topological polar surface area (TPSA) is 0 Å². The van der Waals surface area contributed by atoms with Crippen molar-refractivity contribution < 1.29 is 8.97 Å². The minimum absolute atomic E-state index is 0.547. The summed E-state index contributed by atoms with van der Waals surface area (Å²) in [5.41, 5.74) is 0. The molecule has 0 radical (unpaired) electrons. The number of quaternary nitrogens is 2. The summed E-state index contributed by atoms with van der Waals surface area (Å²) in [7, 11) is 9.11. The predicted octanol–water partition coefficient (Wildman–Crippen LogP) is 7.63. The quantitative estimate of drug-likeness (QED) is 0.0536. The Balaban J connectivity index is 3.49. The summed E-state index contributed by atoms with van der Waals surface area (Å²) < 4.78 is 1.98. The number of likely N-dealkylation sites (N-methyl/N-ethyl adjacent to an activating group) is 2. The maximum atomic E-state index is 3.87. The smallest absolute Gasteiger partial charge is 0.144 e. The van der Waals surface area contributed by atoms with Gasteiger partial charge in [0.15, 0.2) is 0 Å². The van der Waals surface area contributed by atoms with Gasteiger partial charge < -0.3 is 8.97 Å². The second kappa shape index (κ2) is 16.1. The van der Waals surface area contributed by atoms with Gasteiger partial charge in [-0.1, -0.05) is 64.5 Å². The number of hydrogen-bond acceptors (Lipinski definition) is 0. The molecule has 2 nitrogen and oxygen atoms in total. The highest BCUT2D eigenvalue weighted by Gasteiger charge is 2.24. The lowest BCUT2D eigenvalue weighted by molar-refractivity contribution is -0.893. The van der Waals surface area contributed by atoms with Crippen LogP contribution in [0.4, 0.5) is 0 Å². The van der Waals surface area contributed by atoms with E-state index in [1.54, 1.807) is 0 Å². The van der Waals surface area contributed by atoms with Crippen LogP contribution in [0.25, 0.3) is 0 Å². The second-order valence-electron chi connectivity index (χ2n) is 9.48. The molecule has 0 saturated heterocycles. The Morgan fingerprint density at radius 1 is 0.571 bits per heavy atom. The van der Waals surface area contributed by atoms with Gasteiger partial charge in [0.25, 0.3) is 0 Å². The van der Waals surface area contributed by atoms with Crippen LogP contribution in [-0.4, -0.2) is 60.1 Å². The van der Waals surface area contributed by atoms with Crippen molar-refractivity contribution >= 4 is 31.9 Å². The Bertz CT molecular complexity index is 369. The zero-order chi connectivity index (χ0) is 21.5. The lowest BCUT2D eigenvalue weighted by atomic mass is 10.0. The third-order valence-electron chi connectivity index (χ3n) is 5.85. The molecule has 0 saturated carbocycles. The van der Waals surface area contributed by atoms with Crippen LogP contribution < -0.4 is 0 Å². The number of rotatable bonds is 19. The Hall–Kier alpha value is 0.360. The highest BCUT2D eigenvalue weighted by atomic mass is 79.9. The second-order valence-corrected chi connectivity index (χ2v) is 11.6. The van der Waals surface area contributed by atoms with Crippen molar-refractivity contribution in [1.29, 1.82) is 0 Å². The van der Waals surface area contributed by atoms with Gasteiger partial charge >= 0.3 is 0 Å². The van der Waals surface area contributed by atoms with Gasteiger partial charge in [0.05, 0.1) is 41.3 Å². The van der Waals surface area contributed by atoms with Gasteiger partial charge in [-0.3, -0.25) is 0 Å². The molecule has 28 heavy (non-hydrogen) atoms. The molecule has 0 N–H and O–H groups in total. The van der Waals surface area contributed by atoms with Gasteiger partial charge in [0, 0.05) is 12.8 Å². The Labute approximate surface area is 193 Å². The van der Waals surface area contributed by atoms with E-state index in [1.807, 2.05) is 12.2 Å². The van der Waals surface area contributed by atoms with Crippen LogP contribution in [0.3, 0.4) is 0 Å². The summed E-state index contributed by atoms with van der Waals surface area (Å²) in [5, 5.41) is 0. The number of alkyl halides is 2. The fraction of sp³-hybridized carbons (Fsp3) is 0.833. The van der Waals surface area contributed by atoms with E-state index in [1.165, 1.54) is 77.0 Å². The molecule has 0 aliphatic carbocycles. The first kappa shape index (κ1) is 28.4. The normalized spacial score (nSPS) is 14.6. The minimum atomic E-state index is 0.547. The monoisotopic (exact) mass is 522 g/mol. The molecule has 4 heteroatoms. The first-order chi connectivity index (χ1) is 13.2. The minimum Gasteiger partial charge on any atom is -0.314 e. The number of nitrogens with zero attached hydrogens (tertiary/aromatic N) is 2. The maximum absolute atomic E-state index is 3.87. The standard InChI is InChI=1S/C24H48Br2N2/c1-7-21-27(3,4)23(25)19-17-15-13-11-9-10-12-14-16-18-20-24(26)28(5,6)22-8-2/h7-8,23-24H,1-2,9-22H2,3-6H3/q+2. The maximum Gasteiger partial charge on any atom is 0.144 e. The van der Waals surface area contributed by atoms with E-state index in [0.29, 0.717) is 9.90 Å². The number of hydrogen-bond donors (Lipinski definition) is 0. The van der Waals surface area contributed by atoms with E-state index in [-0.39, 0.29) is 0 Å². The first-order valence-corrected chi connectivity index (χ1v) is 13.2. The van der Waals surface area contributed by atoms with Crippen LogP contribution in [-0.2, 0) is 0 Å². The molecule has 0 aliphatic rings. The number of unbranched alkanes of at least 4 members (excludes halogenated alkanes) is 9. The van der Waals surface area contributed by atoms with Crippen molar-refractivity contribution in [1.82, 2.24) is 0 Å². The molecule has 0 aliphatic heterocycles. The molecule has 0 aromatic heterocycles. The van der Waals surface area contributed by atoms with Crippen LogP contribution in [0.2, 0.25) is 0 Å². The van der Waals surface area contributed by atoms with Gasteiger partial charge in [0.2, 0.25) is 0 Å². The summed E-state index contributed by atoms with van der Waals surface area (Å²) in [5.74, 6) is 0. The summed E-state index contributed by atoms with van der Waals surface area (Å²) in [6.07, 6.45) is 20.4. The summed E-state index contributed by atoms with van der Waals surface area (Å²) in [6, 6.07) is 0. The van der Waals surface area contributed by atoms with Crippen molar-refractivity contribution in [2.24, 2.45) is 0 Å². The van der Waals surface area contributed by atoms with E-state index in [2.05, 4.69) is 73.2 Å². The van der Waals surface area contributed by atoms with Crippen molar-refractivity contribution in [3.05, 3.63) is 25.3 Å². The summed E-state index contributed by atoms with van der Waals surface area (Å²) in [4.78, 5) is 1.09. The van der Waals surface area contributed by atoms with E-state index >= 15 is 0 Å². The molecule has 0 bridgehead atoms. The number of halogens is 2. The highest BCUT2D eigenvalue weighted by molar-refractivity contribution is 9.09. The largest absolute Gasteiger partial charge is 0.314 e. The zero-order valence-corrected chi connectivity index (χ0v) is 22.4. The van der Waals surface area contributed by atoms with Gasteiger partial charge in [-0.25, -0.2) is 0 Å². The molecule has 0 aromatic rings. The Morgan fingerprint density at radius 3 is 1.07 bits per heavy atom. The van der Waals surface area contributed by atoms with Crippen LogP contribution in [0.5, 0.6) is 0 Å². The van der Waals surface area contributed by atoms with Crippen LogP contribution in [0.1, 0.15) is 77.0 Å². The van der Waals surface area contributed by atoms with Crippen LogP contribution in [0.15, 0.2) is 25.3 Å². The highest BCUT2D eigenvalue weighted by Crippen LogP contribution is 2.22. The zero-order valence-electron chi connectivity index (χ0n) is 19.3. The van der Waals surface area contributed by atoms with E-state index < -0.39 is 0 Å². The molecule has 2 atom stereocenters. The van der Waals surface area contributed by atoms with E-state index in [0.717, 1.165) is 22.1 Å². The molecule has 0 aromatic carbocycles. The molecule has 0 fully saturated rings. The van der Waals surface area contributed by atoms with Gasteiger partial charge in [-0.2, -0.15) is 0 Å². The summed E-state index contributed by atoms with van der Waals surface area (Å²) >= 11 is 7.74. The molecular formula is C24H48Br2N2+2. The molecule has 166 valence electrons. The average molecular weight is 524 g/mol. The van der Waals surface area contributed by atoms with E-state index in [4.69, 9.17) is 0 Å². The van der Waals surface area contributed by atoms with Gasteiger partial charge in [0.1, 0.15) is 9.90 Å². The molecular weight excluding hydrogens is 476 g/mol. The van der Waals surface area contributed by atoms with Gasteiger partial charge in [-0.15, -0.1) is 0 Å². The summed E-state index contributed by atoms with van der Waals surface area (Å²) in [6.45, 7) is 9.79. The molecule has 0 amide bonds. The molecule has 0 heterocycles. The van der Waals surface area contributed by atoms with Crippen molar-refractivity contribution in [2.45, 2.75) is 87.0 Å². The van der Waals surface area contributed by atoms with Crippen molar-refractivity contribution in [3.8, 4) is 0 Å². The van der Waals surface area contributed by atoms with Crippen LogP contribution >= 0.6 is 31.9 Å². The Morgan fingerprint density at radius 2 is 0.821 bits per heavy atom. The predicted molar refractivity (Wildman–Crippen MR) is 135 cm³/mol. The fourth-order valence-electron chi connectivity index (χ4n) is 3.63. The lowest BCUT2D eigenvalue weighted by Crippen LogP contribution is -2.45. The van der Waals surface area contributed by atoms with Crippen molar-refractivity contribution in [2.75, 3.05) is 41.3 Å². The van der Waals surface area contributed by atoms with Gasteiger partial charge in [-0.05, 0) is 56.9 Å². The van der Waals surface area contributed by atoms with Crippen molar-refractivity contribution in [3.63, 3.8) is 0 Å². The average Bonchev–Trinajstić information content (AvgIpc) is 2.62.